The number of hydrogen-bond donors (Lipinski definition) is 0. The van der Waals surface area contributed by atoms with E-state index in [4.69, 9.17) is 0 Å². The van der Waals surface area contributed by atoms with Gasteiger partial charge in [0.25, 0.3) is 0 Å². The third kappa shape index (κ3) is 4.18. The van der Waals surface area contributed by atoms with Crippen LogP contribution in [0.2, 0.25) is 0 Å². The Kier molecular flexibility index (Phi) is 6.36. The van der Waals surface area contributed by atoms with Gasteiger partial charge < -0.3 is 8.97 Å². The maximum Gasteiger partial charge on any atom is 0.0620 e. The first-order valence-corrected chi connectivity index (χ1v) is 16.6. The second-order valence-corrected chi connectivity index (χ2v) is 12.5. The van der Waals surface area contributed by atoms with Crippen molar-refractivity contribution in [1.29, 1.82) is 0 Å². The van der Waals surface area contributed by atoms with E-state index in [0.29, 0.717) is 0 Å². The molecule has 3 heterocycles. The SMILES string of the molecule is CCC.c1ccc(-c2cccc(-n3c4ccccc4c4cc(-c5cc6c7ccccc7n7c8ccccc8c(c5)c67)ccc43)c2)cc1. The monoisotopic (exact) mass is 602 g/mol. The lowest BCUT2D eigenvalue weighted by atomic mass is 9.98. The number of para-hydroxylation sites is 3. The molecule has 0 saturated carbocycles. The fourth-order valence-corrected chi connectivity index (χ4v) is 7.50. The van der Waals surface area contributed by atoms with Gasteiger partial charge >= 0.3 is 0 Å². The summed E-state index contributed by atoms with van der Waals surface area (Å²) in [6.45, 7) is 4.25. The number of rotatable bonds is 3. The molecule has 0 amide bonds. The first-order valence-electron chi connectivity index (χ1n) is 16.6. The van der Waals surface area contributed by atoms with E-state index < -0.39 is 0 Å². The summed E-state index contributed by atoms with van der Waals surface area (Å²) in [4.78, 5) is 0. The molecule has 0 unspecified atom stereocenters. The van der Waals surface area contributed by atoms with Crippen LogP contribution in [0.4, 0.5) is 0 Å². The van der Waals surface area contributed by atoms with Crippen molar-refractivity contribution in [3.8, 4) is 27.9 Å². The zero-order valence-corrected chi connectivity index (χ0v) is 26.6. The van der Waals surface area contributed by atoms with E-state index in [0.717, 1.165) is 0 Å². The molecule has 0 bridgehead atoms. The van der Waals surface area contributed by atoms with Crippen LogP contribution in [0.25, 0.3) is 87.8 Å². The standard InChI is InChI=1S/C42H26N2.C3H8/c1-2-11-27(12-3-1)28-13-10-14-31(23-28)43-38-18-7-4-15-32(38)35-24-29(21-22-41(35)43)30-25-36-33-16-5-8-19-39(33)44-40-20-9-6-17-34(40)37(26-30)42(36)44;1-3-2/h1-26H;3H2,1-2H3. The van der Waals surface area contributed by atoms with Gasteiger partial charge in [-0.1, -0.05) is 123 Å². The van der Waals surface area contributed by atoms with Crippen LogP contribution in [-0.2, 0) is 0 Å². The van der Waals surface area contributed by atoms with Crippen LogP contribution in [0.5, 0.6) is 0 Å². The Bertz CT molecular complexity index is 2640. The van der Waals surface area contributed by atoms with Crippen molar-refractivity contribution in [3.05, 3.63) is 158 Å². The fourth-order valence-electron chi connectivity index (χ4n) is 7.50. The van der Waals surface area contributed by atoms with Crippen molar-refractivity contribution in [3.63, 3.8) is 0 Å². The Morgan fingerprint density at radius 3 is 1.51 bits per heavy atom. The lowest BCUT2D eigenvalue weighted by Gasteiger charge is -2.11. The maximum absolute atomic E-state index is 2.44. The predicted octanol–water partition coefficient (Wildman–Crippen LogP) is 12.7. The van der Waals surface area contributed by atoms with Crippen molar-refractivity contribution in [2.24, 2.45) is 0 Å². The normalized spacial score (nSPS) is 11.7. The van der Waals surface area contributed by atoms with E-state index in [1.54, 1.807) is 0 Å². The largest absolute Gasteiger partial charge is 0.309 e. The molecule has 0 saturated heterocycles. The molecular weight excluding hydrogens is 569 g/mol. The van der Waals surface area contributed by atoms with Crippen molar-refractivity contribution in [2.75, 3.05) is 0 Å². The molecule has 3 aromatic heterocycles. The molecule has 0 radical (unpaired) electrons. The lowest BCUT2D eigenvalue weighted by molar-refractivity contribution is 1.09. The zero-order chi connectivity index (χ0) is 31.5. The van der Waals surface area contributed by atoms with Gasteiger partial charge in [-0.15, -0.1) is 0 Å². The van der Waals surface area contributed by atoms with Crippen LogP contribution in [-0.4, -0.2) is 8.97 Å². The van der Waals surface area contributed by atoms with Crippen molar-refractivity contribution in [1.82, 2.24) is 8.97 Å². The molecule has 47 heavy (non-hydrogen) atoms. The van der Waals surface area contributed by atoms with Gasteiger partial charge in [-0.2, -0.15) is 0 Å². The average molecular weight is 603 g/mol. The van der Waals surface area contributed by atoms with Crippen LogP contribution >= 0.6 is 0 Å². The van der Waals surface area contributed by atoms with E-state index in [9.17, 15) is 0 Å². The molecule has 2 nitrogen and oxygen atoms in total. The van der Waals surface area contributed by atoms with Gasteiger partial charge in [0, 0.05) is 38.0 Å². The third-order valence-electron chi connectivity index (χ3n) is 9.42. The predicted molar refractivity (Wildman–Crippen MR) is 202 cm³/mol. The summed E-state index contributed by atoms with van der Waals surface area (Å²) >= 11 is 0. The quantitative estimate of drug-likeness (QED) is 0.190. The van der Waals surface area contributed by atoms with E-state index in [-0.39, 0.29) is 0 Å². The smallest absolute Gasteiger partial charge is 0.0620 e. The van der Waals surface area contributed by atoms with E-state index >= 15 is 0 Å². The minimum Gasteiger partial charge on any atom is -0.309 e. The van der Waals surface area contributed by atoms with Crippen LogP contribution < -0.4 is 0 Å². The highest BCUT2D eigenvalue weighted by Gasteiger charge is 2.19. The van der Waals surface area contributed by atoms with Gasteiger partial charge in [-0.05, 0) is 76.9 Å². The molecular formula is C45H34N2. The molecule has 0 spiro atoms. The number of fused-ring (bicyclic) bond motifs is 9. The van der Waals surface area contributed by atoms with E-state index in [2.05, 4.69) is 181 Å². The van der Waals surface area contributed by atoms with Crippen LogP contribution in [0, 0.1) is 0 Å². The Morgan fingerprint density at radius 1 is 0.362 bits per heavy atom. The molecule has 0 fully saturated rings. The minimum atomic E-state index is 1.17. The zero-order valence-electron chi connectivity index (χ0n) is 26.6. The number of nitrogens with zero attached hydrogens (tertiary/aromatic N) is 2. The minimum absolute atomic E-state index is 1.17. The maximum atomic E-state index is 2.44. The summed E-state index contributed by atoms with van der Waals surface area (Å²) in [7, 11) is 0. The number of aromatic nitrogens is 2. The van der Waals surface area contributed by atoms with Crippen LogP contribution in [0.3, 0.4) is 0 Å². The van der Waals surface area contributed by atoms with Gasteiger partial charge in [0.05, 0.1) is 27.6 Å². The summed E-state index contributed by atoms with van der Waals surface area (Å²) < 4.78 is 4.85. The molecule has 0 N–H and O–H groups in total. The van der Waals surface area contributed by atoms with Gasteiger partial charge in [-0.25, -0.2) is 0 Å². The Morgan fingerprint density at radius 2 is 0.851 bits per heavy atom. The van der Waals surface area contributed by atoms with Crippen LogP contribution in [0.1, 0.15) is 20.3 Å². The van der Waals surface area contributed by atoms with Gasteiger partial charge in [0.15, 0.2) is 0 Å². The summed E-state index contributed by atoms with van der Waals surface area (Å²) in [5, 5.41) is 7.76. The fraction of sp³-hybridized carbons (Fsp3) is 0.0667. The Labute approximate surface area is 274 Å². The first-order chi connectivity index (χ1) is 23.2. The molecule has 7 aromatic carbocycles. The number of hydrogen-bond acceptors (Lipinski definition) is 0. The van der Waals surface area contributed by atoms with Gasteiger partial charge in [-0.3, -0.25) is 0 Å². The highest BCUT2D eigenvalue weighted by Crippen LogP contribution is 2.42. The van der Waals surface area contributed by atoms with Crippen molar-refractivity contribution in [2.45, 2.75) is 20.3 Å². The molecule has 10 rings (SSSR count). The molecule has 0 aliphatic rings. The highest BCUT2D eigenvalue weighted by atomic mass is 15.0. The van der Waals surface area contributed by atoms with E-state index in [1.807, 2.05) is 0 Å². The van der Waals surface area contributed by atoms with E-state index in [1.165, 1.54) is 94.3 Å². The second-order valence-electron chi connectivity index (χ2n) is 12.5. The van der Waals surface area contributed by atoms with Crippen LogP contribution in [0.15, 0.2) is 158 Å². The Hall–Kier alpha value is -5.86. The van der Waals surface area contributed by atoms with Crippen molar-refractivity contribution < 1.29 is 0 Å². The topological polar surface area (TPSA) is 9.34 Å². The third-order valence-corrected chi connectivity index (χ3v) is 9.42. The molecule has 2 heteroatoms. The molecule has 10 aromatic rings. The van der Waals surface area contributed by atoms with Crippen molar-refractivity contribution >= 4 is 59.9 Å². The molecule has 224 valence electrons. The second kappa shape index (κ2) is 10.9. The summed E-state index contributed by atoms with van der Waals surface area (Å²) in [5.41, 5.74) is 12.4. The average Bonchev–Trinajstić information content (AvgIpc) is 3.77. The summed E-state index contributed by atoms with van der Waals surface area (Å²) in [6.07, 6.45) is 1.25. The highest BCUT2D eigenvalue weighted by molar-refractivity contribution is 6.24. The Balaban J connectivity index is 0.000000974. The molecule has 0 aliphatic heterocycles. The van der Waals surface area contributed by atoms with Gasteiger partial charge in [0.1, 0.15) is 0 Å². The first kappa shape index (κ1) is 27.5. The van der Waals surface area contributed by atoms with Gasteiger partial charge in [0.2, 0.25) is 0 Å². The molecule has 0 atom stereocenters. The summed E-state index contributed by atoms with van der Waals surface area (Å²) in [5.74, 6) is 0. The number of benzene rings is 7. The molecule has 0 aliphatic carbocycles. The summed E-state index contributed by atoms with van der Waals surface area (Å²) in [6, 6.07) is 57.7. The lowest BCUT2D eigenvalue weighted by Crippen LogP contribution is -1.94.